The molecule has 0 N–H and O–H groups in total. The van der Waals surface area contributed by atoms with Crippen LogP contribution in [0.2, 0.25) is 0 Å². The van der Waals surface area contributed by atoms with Crippen molar-refractivity contribution < 1.29 is 4.74 Å². The third-order valence-corrected chi connectivity index (χ3v) is 5.39. The van der Waals surface area contributed by atoms with Crippen molar-refractivity contribution in [3.05, 3.63) is 0 Å². The minimum absolute atomic E-state index is 0.224. The Morgan fingerprint density at radius 1 is 0.867 bits per heavy atom. The average Bonchev–Trinajstić information content (AvgIpc) is 2.18. The summed E-state index contributed by atoms with van der Waals surface area (Å²) in [5.41, 5.74) is 0. The summed E-state index contributed by atoms with van der Waals surface area (Å²) in [5, 5.41) is 1.88. The van der Waals surface area contributed by atoms with Crippen molar-refractivity contribution in [2.75, 3.05) is 10.7 Å². The second-order valence-corrected chi connectivity index (χ2v) is 7.93. The second kappa shape index (κ2) is 8.06. The van der Waals surface area contributed by atoms with Crippen LogP contribution in [0.5, 0.6) is 0 Å². The van der Waals surface area contributed by atoms with E-state index in [0.717, 1.165) is 36.3 Å². The maximum atomic E-state index is 6.18. The van der Waals surface area contributed by atoms with Gasteiger partial charge in [0.25, 0.3) is 0 Å². The van der Waals surface area contributed by atoms with Gasteiger partial charge in [0, 0.05) is 10.7 Å². The lowest BCUT2D eigenvalue weighted by atomic mass is 10.1. The first-order chi connectivity index (χ1) is 6.95. The van der Waals surface area contributed by atoms with E-state index in [1.165, 1.54) is 0 Å². The van der Waals surface area contributed by atoms with E-state index in [4.69, 9.17) is 4.74 Å². The van der Waals surface area contributed by atoms with Gasteiger partial charge in [0.05, 0.1) is 0 Å². The fourth-order valence-electron chi connectivity index (χ4n) is 1.21. The predicted molar refractivity (Wildman–Crippen MR) is 81.8 cm³/mol. The van der Waals surface area contributed by atoms with Gasteiger partial charge in [0.1, 0.15) is 9.02 Å². The van der Waals surface area contributed by atoms with Crippen molar-refractivity contribution in [1.29, 1.82) is 0 Å². The Balaban J connectivity index is 4.47. The van der Waals surface area contributed by atoms with Crippen molar-refractivity contribution in [2.45, 2.75) is 48.6 Å². The Bertz CT molecular complexity index is 161. The molecule has 0 saturated heterocycles. The molecule has 0 spiro atoms. The van der Waals surface area contributed by atoms with Gasteiger partial charge in [-0.05, 0) is 25.7 Å². The molecule has 0 rings (SSSR count). The van der Waals surface area contributed by atoms with Crippen LogP contribution in [0.3, 0.4) is 0 Å². The van der Waals surface area contributed by atoms with Gasteiger partial charge in [-0.2, -0.15) is 0 Å². The van der Waals surface area contributed by atoms with Crippen molar-refractivity contribution >= 4 is 63.7 Å². The van der Waals surface area contributed by atoms with Gasteiger partial charge in [0.2, 0.25) is 0 Å². The first-order valence-corrected chi connectivity index (χ1v) is 8.98. The summed E-state index contributed by atoms with van der Waals surface area (Å²) in [7, 11) is 0. The molecule has 0 bridgehead atoms. The summed E-state index contributed by atoms with van der Waals surface area (Å²) < 4.78 is 5.73. The van der Waals surface area contributed by atoms with E-state index in [1.807, 2.05) is 0 Å². The molecule has 2 atom stereocenters. The molecule has 0 aliphatic heterocycles. The minimum atomic E-state index is -0.224. The summed E-state index contributed by atoms with van der Waals surface area (Å²) >= 11 is 14.3. The first kappa shape index (κ1) is 16.9. The number of hydrogen-bond donors (Lipinski definition) is 0. The van der Waals surface area contributed by atoms with E-state index >= 15 is 0 Å². The van der Waals surface area contributed by atoms with Gasteiger partial charge in [0.15, 0.2) is 0 Å². The Kier molecular flexibility index (Phi) is 9.08. The number of ether oxygens (including phenoxy) is 1. The highest BCUT2D eigenvalue weighted by molar-refractivity contribution is 9.10. The molecule has 0 aliphatic rings. The second-order valence-electron chi connectivity index (χ2n) is 3.45. The summed E-state index contributed by atoms with van der Waals surface area (Å²) in [6.45, 7) is 4.27. The van der Waals surface area contributed by atoms with Crippen LogP contribution in [0.15, 0.2) is 0 Å². The van der Waals surface area contributed by atoms with Crippen LogP contribution in [-0.2, 0) is 4.74 Å². The molecule has 0 amide bonds. The monoisotopic (exact) mass is 470 g/mol. The summed E-state index contributed by atoms with van der Waals surface area (Å²) in [4.78, 5) is 0. The minimum Gasteiger partial charge on any atom is -0.346 e. The van der Waals surface area contributed by atoms with Crippen molar-refractivity contribution in [1.82, 2.24) is 0 Å². The zero-order chi connectivity index (χ0) is 11.9. The lowest BCUT2D eigenvalue weighted by Gasteiger charge is -2.36. The summed E-state index contributed by atoms with van der Waals surface area (Å²) in [6, 6.07) is 0. The van der Waals surface area contributed by atoms with E-state index in [9.17, 15) is 0 Å². The molecule has 0 saturated carbocycles. The summed E-state index contributed by atoms with van der Waals surface area (Å²) in [5.74, 6) is 0. The molecular weight excluding hydrogens is 456 g/mol. The van der Waals surface area contributed by atoms with Crippen molar-refractivity contribution in [3.8, 4) is 0 Å². The Morgan fingerprint density at radius 3 is 1.40 bits per heavy atom. The number of alkyl halides is 4. The third kappa shape index (κ3) is 6.39. The van der Waals surface area contributed by atoms with Crippen LogP contribution in [0, 0.1) is 0 Å². The molecule has 0 aromatic carbocycles. The van der Waals surface area contributed by atoms with Gasteiger partial charge in [-0.1, -0.05) is 77.6 Å². The van der Waals surface area contributed by atoms with E-state index < -0.39 is 0 Å². The zero-order valence-electron chi connectivity index (χ0n) is 9.16. The molecular formula is C10H18Br4O. The lowest BCUT2D eigenvalue weighted by molar-refractivity contribution is -0.0533. The van der Waals surface area contributed by atoms with Crippen LogP contribution in [0.25, 0.3) is 0 Å². The number of hydrogen-bond acceptors (Lipinski definition) is 1. The van der Waals surface area contributed by atoms with E-state index in [2.05, 4.69) is 77.6 Å². The maximum absolute atomic E-state index is 6.18. The van der Waals surface area contributed by atoms with Gasteiger partial charge < -0.3 is 4.74 Å². The van der Waals surface area contributed by atoms with Crippen LogP contribution in [-0.4, -0.2) is 19.7 Å². The third-order valence-electron chi connectivity index (χ3n) is 2.36. The Morgan fingerprint density at radius 2 is 1.20 bits per heavy atom. The van der Waals surface area contributed by atoms with Crippen LogP contribution in [0.4, 0.5) is 0 Å². The molecule has 0 radical (unpaired) electrons. The smallest absolute Gasteiger partial charge is 0.125 e. The standard InChI is InChI=1S/C10H18Br4O/c1-3-9(13,5-7-11)15-10(14,4-2)6-8-12/h3-8H2,1-2H3. The molecule has 2 unspecified atom stereocenters. The Hall–Kier alpha value is 1.88. The highest BCUT2D eigenvalue weighted by atomic mass is 79.9. The molecule has 0 aromatic rings. The van der Waals surface area contributed by atoms with Crippen molar-refractivity contribution in [3.63, 3.8) is 0 Å². The van der Waals surface area contributed by atoms with Gasteiger partial charge in [-0.15, -0.1) is 0 Å². The average molecular weight is 474 g/mol. The molecule has 5 heteroatoms. The molecule has 15 heavy (non-hydrogen) atoms. The SMILES string of the molecule is CCC(Br)(CCBr)OC(Br)(CC)CCBr. The normalized spacial score (nSPS) is 19.6. The van der Waals surface area contributed by atoms with E-state index in [-0.39, 0.29) is 9.02 Å². The quantitative estimate of drug-likeness (QED) is 0.418. The topological polar surface area (TPSA) is 9.23 Å². The van der Waals surface area contributed by atoms with E-state index in [1.54, 1.807) is 0 Å². The van der Waals surface area contributed by atoms with Crippen LogP contribution in [0.1, 0.15) is 39.5 Å². The number of rotatable bonds is 8. The highest BCUT2D eigenvalue weighted by Gasteiger charge is 2.35. The fourth-order valence-corrected chi connectivity index (χ4v) is 4.79. The van der Waals surface area contributed by atoms with Gasteiger partial charge in [-0.25, -0.2) is 0 Å². The predicted octanol–water partition coefficient (Wildman–Crippen LogP) is 5.58. The molecule has 0 aromatic heterocycles. The molecule has 0 aliphatic carbocycles. The van der Waals surface area contributed by atoms with Gasteiger partial charge >= 0.3 is 0 Å². The first-order valence-electron chi connectivity index (χ1n) is 5.15. The molecule has 1 nitrogen and oxygen atoms in total. The zero-order valence-corrected chi connectivity index (χ0v) is 15.5. The maximum Gasteiger partial charge on any atom is 0.125 e. The largest absolute Gasteiger partial charge is 0.346 e. The van der Waals surface area contributed by atoms with Gasteiger partial charge in [-0.3, -0.25) is 0 Å². The molecule has 0 heterocycles. The van der Waals surface area contributed by atoms with Crippen molar-refractivity contribution in [2.24, 2.45) is 0 Å². The molecule has 0 fully saturated rings. The summed E-state index contributed by atoms with van der Waals surface area (Å²) in [6.07, 6.45) is 3.82. The highest BCUT2D eigenvalue weighted by Crippen LogP contribution is 2.40. The number of halogens is 4. The fraction of sp³-hybridized carbons (Fsp3) is 1.00. The molecule has 92 valence electrons. The van der Waals surface area contributed by atoms with E-state index in [0.29, 0.717) is 0 Å². The lowest BCUT2D eigenvalue weighted by Crippen LogP contribution is -2.37. The Labute approximate surface area is 127 Å². The van der Waals surface area contributed by atoms with Crippen LogP contribution >= 0.6 is 63.7 Å². The van der Waals surface area contributed by atoms with Crippen LogP contribution < -0.4 is 0 Å².